The van der Waals surface area contributed by atoms with Crippen LogP contribution in [0.2, 0.25) is 0 Å². The minimum absolute atomic E-state index is 0.138. The zero-order chi connectivity index (χ0) is 14.8. The lowest BCUT2D eigenvalue weighted by Crippen LogP contribution is -2.42. The van der Waals surface area contributed by atoms with Crippen LogP contribution < -0.4 is 9.62 Å². The van der Waals surface area contributed by atoms with Gasteiger partial charge >= 0.3 is 0 Å². The van der Waals surface area contributed by atoms with Gasteiger partial charge in [0.15, 0.2) is 0 Å². The van der Waals surface area contributed by atoms with Crippen molar-refractivity contribution in [1.29, 1.82) is 0 Å². The topological polar surface area (TPSA) is 69.6 Å². The van der Waals surface area contributed by atoms with Crippen LogP contribution in [0.4, 0.5) is 5.69 Å². The van der Waals surface area contributed by atoms with Crippen LogP contribution in [-0.2, 0) is 10.0 Å². The van der Waals surface area contributed by atoms with Gasteiger partial charge in [0.2, 0.25) is 10.0 Å². The van der Waals surface area contributed by atoms with E-state index in [0.717, 1.165) is 0 Å². The predicted molar refractivity (Wildman–Crippen MR) is 79.3 cm³/mol. The average molecular weight is 298 g/mol. The summed E-state index contributed by atoms with van der Waals surface area (Å²) in [5, 5.41) is 9.80. The lowest BCUT2D eigenvalue weighted by molar-refractivity contribution is 0.0969. The monoisotopic (exact) mass is 298 g/mol. The highest BCUT2D eigenvalue weighted by Crippen LogP contribution is 2.29. The zero-order valence-corrected chi connectivity index (χ0v) is 12.7. The zero-order valence-electron chi connectivity index (χ0n) is 11.9. The smallest absolute Gasteiger partial charge is 0.242 e. The molecular formula is C14H22N2O3S. The minimum atomic E-state index is -3.48. The molecule has 1 heterocycles. The van der Waals surface area contributed by atoms with E-state index in [0.29, 0.717) is 36.6 Å². The van der Waals surface area contributed by atoms with E-state index in [1.165, 1.54) is 0 Å². The Hall–Kier alpha value is -1.11. The maximum absolute atomic E-state index is 12.3. The summed E-state index contributed by atoms with van der Waals surface area (Å²) in [5.41, 5.74) is 0.715. The molecule has 0 amide bonds. The van der Waals surface area contributed by atoms with E-state index < -0.39 is 10.0 Å². The summed E-state index contributed by atoms with van der Waals surface area (Å²) in [6, 6.07) is 7.03. The van der Waals surface area contributed by atoms with E-state index in [9.17, 15) is 13.5 Å². The Kier molecular flexibility index (Phi) is 4.67. The third-order valence-corrected chi connectivity index (χ3v) is 5.28. The van der Waals surface area contributed by atoms with Crippen LogP contribution in [0.25, 0.3) is 0 Å². The van der Waals surface area contributed by atoms with Gasteiger partial charge in [-0.1, -0.05) is 26.0 Å². The van der Waals surface area contributed by atoms with E-state index >= 15 is 0 Å². The quantitative estimate of drug-likeness (QED) is 0.876. The predicted octanol–water partition coefficient (Wildman–Crippen LogP) is 1.19. The third-order valence-electron chi connectivity index (χ3n) is 3.69. The van der Waals surface area contributed by atoms with Gasteiger partial charge in [0.1, 0.15) is 4.90 Å². The van der Waals surface area contributed by atoms with Gasteiger partial charge < -0.3 is 10.0 Å². The van der Waals surface area contributed by atoms with Crippen LogP contribution in [-0.4, -0.2) is 39.3 Å². The van der Waals surface area contributed by atoms with Gasteiger partial charge in [-0.25, -0.2) is 13.1 Å². The Morgan fingerprint density at radius 3 is 2.75 bits per heavy atom. The largest absolute Gasteiger partial charge is 0.393 e. The maximum Gasteiger partial charge on any atom is 0.242 e. The molecule has 1 saturated heterocycles. The minimum Gasteiger partial charge on any atom is -0.393 e. The van der Waals surface area contributed by atoms with Crippen molar-refractivity contribution in [3.8, 4) is 0 Å². The van der Waals surface area contributed by atoms with Crippen molar-refractivity contribution in [2.24, 2.45) is 5.92 Å². The number of rotatable bonds is 4. The molecule has 1 fully saturated rings. The summed E-state index contributed by atoms with van der Waals surface area (Å²) in [6.45, 7) is 5.45. The number of benzene rings is 1. The lowest BCUT2D eigenvalue weighted by Gasteiger charge is -2.36. The van der Waals surface area contributed by atoms with Gasteiger partial charge in [0, 0.05) is 19.6 Å². The fourth-order valence-corrected chi connectivity index (χ4v) is 3.83. The SMILES string of the molecule is CCNS(=O)(=O)c1ccccc1N1CCC(O)C(C)C1. The molecule has 2 unspecified atom stereocenters. The molecule has 1 aromatic rings. The van der Waals surface area contributed by atoms with Crippen molar-refractivity contribution in [1.82, 2.24) is 4.72 Å². The molecule has 20 heavy (non-hydrogen) atoms. The van der Waals surface area contributed by atoms with Gasteiger partial charge in [0.25, 0.3) is 0 Å². The Bertz CT molecular complexity index is 559. The van der Waals surface area contributed by atoms with Gasteiger partial charge in [-0.15, -0.1) is 0 Å². The average Bonchev–Trinajstić information content (AvgIpc) is 2.42. The first kappa shape index (κ1) is 15.3. The van der Waals surface area contributed by atoms with Crippen LogP contribution in [0.5, 0.6) is 0 Å². The molecule has 2 rings (SSSR count). The Morgan fingerprint density at radius 1 is 1.40 bits per heavy atom. The molecule has 0 bridgehead atoms. The van der Waals surface area contributed by atoms with E-state index in [4.69, 9.17) is 0 Å². The Morgan fingerprint density at radius 2 is 2.10 bits per heavy atom. The molecule has 0 aliphatic carbocycles. The van der Waals surface area contributed by atoms with Crippen LogP contribution in [0.1, 0.15) is 20.3 Å². The number of nitrogens with zero attached hydrogens (tertiary/aromatic N) is 1. The van der Waals surface area contributed by atoms with E-state index in [1.54, 1.807) is 19.1 Å². The van der Waals surface area contributed by atoms with Crippen LogP contribution in [0.3, 0.4) is 0 Å². The number of para-hydroxylation sites is 1. The highest BCUT2D eigenvalue weighted by molar-refractivity contribution is 7.89. The number of aliphatic hydroxyl groups is 1. The second-order valence-electron chi connectivity index (χ2n) is 5.25. The van der Waals surface area contributed by atoms with Crippen molar-refractivity contribution in [3.63, 3.8) is 0 Å². The second-order valence-corrected chi connectivity index (χ2v) is 6.98. The first-order valence-electron chi connectivity index (χ1n) is 6.97. The number of anilines is 1. The molecule has 1 aliphatic rings. The van der Waals surface area contributed by atoms with E-state index in [1.807, 2.05) is 24.0 Å². The van der Waals surface area contributed by atoms with Crippen molar-refractivity contribution in [2.75, 3.05) is 24.5 Å². The van der Waals surface area contributed by atoms with Gasteiger partial charge in [-0.05, 0) is 24.5 Å². The summed E-state index contributed by atoms with van der Waals surface area (Å²) in [5.74, 6) is 0.138. The molecule has 5 nitrogen and oxygen atoms in total. The molecule has 6 heteroatoms. The number of sulfonamides is 1. The first-order valence-corrected chi connectivity index (χ1v) is 8.45. The number of aliphatic hydroxyl groups excluding tert-OH is 1. The number of nitrogens with one attached hydrogen (secondary N) is 1. The number of piperidine rings is 1. The highest BCUT2D eigenvalue weighted by Gasteiger charge is 2.27. The van der Waals surface area contributed by atoms with Gasteiger partial charge in [-0.3, -0.25) is 0 Å². The number of hydrogen-bond donors (Lipinski definition) is 2. The number of hydrogen-bond acceptors (Lipinski definition) is 4. The normalized spacial score (nSPS) is 23.9. The molecule has 0 aromatic heterocycles. The second kappa shape index (κ2) is 6.11. The summed E-state index contributed by atoms with van der Waals surface area (Å²) in [7, 11) is -3.48. The summed E-state index contributed by atoms with van der Waals surface area (Å²) >= 11 is 0. The van der Waals surface area contributed by atoms with E-state index in [2.05, 4.69) is 4.72 Å². The summed E-state index contributed by atoms with van der Waals surface area (Å²) in [6.07, 6.45) is 0.361. The van der Waals surface area contributed by atoms with Crippen molar-refractivity contribution in [3.05, 3.63) is 24.3 Å². The fourth-order valence-electron chi connectivity index (χ4n) is 2.57. The molecule has 1 aromatic carbocycles. The van der Waals surface area contributed by atoms with Crippen molar-refractivity contribution < 1.29 is 13.5 Å². The first-order chi connectivity index (χ1) is 9.45. The van der Waals surface area contributed by atoms with Crippen LogP contribution in [0.15, 0.2) is 29.2 Å². The van der Waals surface area contributed by atoms with Crippen LogP contribution >= 0.6 is 0 Å². The Labute approximate surface area is 120 Å². The van der Waals surface area contributed by atoms with E-state index in [-0.39, 0.29) is 12.0 Å². The standard InChI is InChI=1S/C14H22N2O3S/c1-3-15-20(18,19)14-7-5-4-6-12(14)16-9-8-13(17)11(2)10-16/h4-7,11,13,15,17H,3,8-10H2,1-2H3. The van der Waals surface area contributed by atoms with Gasteiger partial charge in [-0.2, -0.15) is 0 Å². The molecule has 1 aliphatic heterocycles. The third kappa shape index (κ3) is 3.13. The highest BCUT2D eigenvalue weighted by atomic mass is 32.2. The molecule has 2 atom stereocenters. The summed E-state index contributed by atoms with van der Waals surface area (Å²) < 4.78 is 27.0. The maximum atomic E-state index is 12.3. The summed E-state index contributed by atoms with van der Waals surface area (Å²) in [4.78, 5) is 2.35. The molecule has 0 spiro atoms. The van der Waals surface area contributed by atoms with Crippen LogP contribution in [0, 0.1) is 5.92 Å². The molecule has 0 radical (unpaired) electrons. The molecular weight excluding hydrogens is 276 g/mol. The molecule has 0 saturated carbocycles. The van der Waals surface area contributed by atoms with Gasteiger partial charge in [0.05, 0.1) is 11.8 Å². The fraction of sp³-hybridized carbons (Fsp3) is 0.571. The molecule has 112 valence electrons. The van der Waals surface area contributed by atoms with Crippen molar-refractivity contribution >= 4 is 15.7 Å². The van der Waals surface area contributed by atoms with Crippen molar-refractivity contribution in [2.45, 2.75) is 31.3 Å². The Balaban J connectivity index is 2.34. The lowest BCUT2D eigenvalue weighted by atomic mass is 9.96. The molecule has 2 N–H and O–H groups in total.